The molecule has 7 nitrogen and oxygen atoms in total. The van der Waals surface area contributed by atoms with Gasteiger partial charge in [-0.1, -0.05) is 0 Å². The number of amides is 1. The predicted octanol–water partition coefficient (Wildman–Crippen LogP) is 3.46. The minimum atomic E-state index is 0.0790. The number of hydrogen-bond acceptors (Lipinski definition) is 6. The van der Waals surface area contributed by atoms with Crippen molar-refractivity contribution in [2.75, 3.05) is 25.1 Å². The molecule has 1 unspecified atom stereocenters. The number of aromatic nitrogens is 2. The molecule has 0 bridgehead atoms. The van der Waals surface area contributed by atoms with Crippen LogP contribution < -0.4 is 15.0 Å². The van der Waals surface area contributed by atoms with Crippen LogP contribution in [0.2, 0.25) is 0 Å². The summed E-state index contributed by atoms with van der Waals surface area (Å²) in [6.45, 7) is 4.20. The molecule has 1 aromatic carbocycles. The van der Waals surface area contributed by atoms with Gasteiger partial charge >= 0.3 is 0 Å². The van der Waals surface area contributed by atoms with Gasteiger partial charge in [-0.05, 0) is 55.0 Å². The summed E-state index contributed by atoms with van der Waals surface area (Å²) < 4.78 is 11.2. The number of aryl methyl sites for hydroxylation is 1. The summed E-state index contributed by atoms with van der Waals surface area (Å²) in [5, 5.41) is 3.04. The number of benzene rings is 1. The van der Waals surface area contributed by atoms with Crippen molar-refractivity contribution >= 4 is 23.0 Å². The Morgan fingerprint density at radius 1 is 1.38 bits per heavy atom. The third-order valence-electron chi connectivity index (χ3n) is 5.46. The van der Waals surface area contributed by atoms with Gasteiger partial charge in [-0.15, -0.1) is 0 Å². The Balaban J connectivity index is 1.35. The van der Waals surface area contributed by atoms with Crippen molar-refractivity contribution in [3.05, 3.63) is 47.8 Å². The van der Waals surface area contributed by atoms with Crippen LogP contribution in [0.4, 0.5) is 6.01 Å². The zero-order valence-corrected chi connectivity index (χ0v) is 16.9. The largest absolute Gasteiger partial charge is 0.497 e. The minimum Gasteiger partial charge on any atom is -0.497 e. The number of piperidine rings is 1. The summed E-state index contributed by atoms with van der Waals surface area (Å²) in [4.78, 5) is 23.3. The predicted molar refractivity (Wildman–Crippen MR) is 111 cm³/mol. The van der Waals surface area contributed by atoms with Crippen LogP contribution in [0.15, 0.2) is 41.1 Å². The summed E-state index contributed by atoms with van der Waals surface area (Å²) in [5.41, 5.74) is 3.71. The monoisotopic (exact) mass is 394 g/mol. The molecule has 0 spiro atoms. The van der Waals surface area contributed by atoms with E-state index >= 15 is 0 Å². The highest BCUT2D eigenvalue weighted by Gasteiger charge is 2.25. The van der Waals surface area contributed by atoms with E-state index in [0.29, 0.717) is 19.0 Å². The fourth-order valence-corrected chi connectivity index (χ4v) is 3.79. The lowest BCUT2D eigenvalue weighted by molar-refractivity contribution is -0.122. The lowest BCUT2D eigenvalue weighted by Gasteiger charge is -2.31. The lowest BCUT2D eigenvalue weighted by atomic mass is 9.94. The first-order valence-corrected chi connectivity index (χ1v) is 9.98. The molecule has 1 saturated heterocycles. The van der Waals surface area contributed by atoms with Gasteiger partial charge in [0, 0.05) is 44.5 Å². The molecule has 0 radical (unpaired) electrons. The van der Waals surface area contributed by atoms with Crippen LogP contribution in [-0.2, 0) is 11.3 Å². The topological polar surface area (TPSA) is 80.5 Å². The molecule has 1 fully saturated rings. The summed E-state index contributed by atoms with van der Waals surface area (Å²) in [5.74, 6) is 1.12. The highest BCUT2D eigenvalue weighted by molar-refractivity contribution is 5.77. The minimum absolute atomic E-state index is 0.0790. The van der Waals surface area contributed by atoms with Crippen LogP contribution >= 0.6 is 0 Å². The van der Waals surface area contributed by atoms with Crippen molar-refractivity contribution in [2.24, 2.45) is 5.92 Å². The second-order valence-electron chi connectivity index (χ2n) is 7.57. The number of rotatable bonds is 6. The van der Waals surface area contributed by atoms with E-state index in [1.54, 1.807) is 13.3 Å². The quantitative estimate of drug-likeness (QED) is 0.690. The van der Waals surface area contributed by atoms with Gasteiger partial charge in [0.2, 0.25) is 5.91 Å². The average molecular weight is 394 g/mol. The van der Waals surface area contributed by atoms with E-state index in [1.165, 1.54) is 0 Å². The molecular formula is C22H26N4O3. The first kappa shape index (κ1) is 19.2. The molecule has 3 aromatic rings. The Hall–Kier alpha value is -3.09. The van der Waals surface area contributed by atoms with Gasteiger partial charge in [-0.3, -0.25) is 9.78 Å². The summed E-state index contributed by atoms with van der Waals surface area (Å²) in [7, 11) is 1.64. The summed E-state index contributed by atoms with van der Waals surface area (Å²) in [6, 6.07) is 8.18. The van der Waals surface area contributed by atoms with Crippen molar-refractivity contribution < 1.29 is 13.9 Å². The van der Waals surface area contributed by atoms with E-state index in [9.17, 15) is 4.79 Å². The van der Waals surface area contributed by atoms with Crippen LogP contribution in [0.25, 0.3) is 11.1 Å². The van der Waals surface area contributed by atoms with Gasteiger partial charge in [0.05, 0.1) is 7.11 Å². The molecule has 1 aliphatic rings. The Labute approximate surface area is 170 Å². The Kier molecular flexibility index (Phi) is 5.64. The SMILES string of the molecule is COc1ccc2oc(N3CCCC(CC(=O)NCc4ccncc4C)C3)nc2c1. The fourth-order valence-electron chi connectivity index (χ4n) is 3.79. The smallest absolute Gasteiger partial charge is 0.298 e. The fraction of sp³-hybridized carbons (Fsp3) is 0.409. The summed E-state index contributed by atoms with van der Waals surface area (Å²) >= 11 is 0. The summed E-state index contributed by atoms with van der Waals surface area (Å²) in [6.07, 6.45) is 6.13. The maximum Gasteiger partial charge on any atom is 0.298 e. The number of carbonyl (C=O) groups is 1. The number of fused-ring (bicyclic) bond motifs is 1. The molecule has 29 heavy (non-hydrogen) atoms. The molecule has 7 heteroatoms. The van der Waals surface area contributed by atoms with Crippen LogP contribution in [0.1, 0.15) is 30.4 Å². The Bertz CT molecular complexity index is 1000. The first-order chi connectivity index (χ1) is 14.1. The maximum absolute atomic E-state index is 12.5. The zero-order chi connectivity index (χ0) is 20.2. The number of pyridine rings is 1. The maximum atomic E-state index is 12.5. The normalized spacial score (nSPS) is 16.8. The van der Waals surface area contributed by atoms with E-state index in [0.717, 1.165) is 53.9 Å². The molecule has 1 atom stereocenters. The van der Waals surface area contributed by atoms with Gasteiger partial charge in [0.15, 0.2) is 5.58 Å². The first-order valence-electron chi connectivity index (χ1n) is 9.98. The van der Waals surface area contributed by atoms with Crippen molar-refractivity contribution in [1.29, 1.82) is 0 Å². The van der Waals surface area contributed by atoms with Crippen LogP contribution in [0.3, 0.4) is 0 Å². The van der Waals surface area contributed by atoms with Crippen molar-refractivity contribution in [3.8, 4) is 5.75 Å². The Morgan fingerprint density at radius 2 is 2.28 bits per heavy atom. The van der Waals surface area contributed by atoms with Crippen LogP contribution in [-0.4, -0.2) is 36.1 Å². The number of oxazole rings is 1. The number of anilines is 1. The van der Waals surface area contributed by atoms with Gasteiger partial charge in [0.1, 0.15) is 11.3 Å². The van der Waals surface area contributed by atoms with Crippen LogP contribution in [0.5, 0.6) is 5.75 Å². The Morgan fingerprint density at radius 3 is 3.10 bits per heavy atom. The number of nitrogens with zero attached hydrogens (tertiary/aromatic N) is 3. The van der Waals surface area contributed by atoms with Gasteiger partial charge in [-0.2, -0.15) is 4.98 Å². The van der Waals surface area contributed by atoms with Gasteiger partial charge < -0.3 is 19.4 Å². The third-order valence-corrected chi connectivity index (χ3v) is 5.46. The molecule has 1 amide bonds. The highest BCUT2D eigenvalue weighted by atomic mass is 16.5. The van der Waals surface area contributed by atoms with Crippen molar-refractivity contribution in [3.63, 3.8) is 0 Å². The molecular weight excluding hydrogens is 368 g/mol. The van der Waals surface area contributed by atoms with E-state index in [-0.39, 0.29) is 11.8 Å². The van der Waals surface area contributed by atoms with E-state index in [2.05, 4.69) is 20.2 Å². The van der Waals surface area contributed by atoms with Crippen molar-refractivity contribution in [1.82, 2.24) is 15.3 Å². The molecule has 0 aliphatic carbocycles. The third kappa shape index (κ3) is 4.50. The molecule has 1 N–H and O–H groups in total. The molecule has 152 valence electrons. The number of ether oxygens (including phenoxy) is 1. The number of carbonyl (C=O) groups excluding carboxylic acids is 1. The second-order valence-corrected chi connectivity index (χ2v) is 7.57. The molecule has 0 saturated carbocycles. The molecule has 2 aromatic heterocycles. The zero-order valence-electron chi connectivity index (χ0n) is 16.9. The van der Waals surface area contributed by atoms with E-state index in [4.69, 9.17) is 9.15 Å². The lowest BCUT2D eigenvalue weighted by Crippen LogP contribution is -2.38. The average Bonchev–Trinajstić information content (AvgIpc) is 3.17. The second kappa shape index (κ2) is 8.51. The molecule has 3 heterocycles. The van der Waals surface area contributed by atoms with Gasteiger partial charge in [-0.25, -0.2) is 0 Å². The van der Waals surface area contributed by atoms with E-state index < -0.39 is 0 Å². The van der Waals surface area contributed by atoms with E-state index in [1.807, 2.05) is 37.4 Å². The molecule has 4 rings (SSSR count). The van der Waals surface area contributed by atoms with Gasteiger partial charge in [0.25, 0.3) is 6.01 Å². The highest BCUT2D eigenvalue weighted by Crippen LogP contribution is 2.29. The number of nitrogens with one attached hydrogen (secondary N) is 1. The molecule has 1 aliphatic heterocycles. The number of methoxy groups -OCH3 is 1. The van der Waals surface area contributed by atoms with Crippen LogP contribution in [0, 0.1) is 12.8 Å². The number of hydrogen-bond donors (Lipinski definition) is 1. The van der Waals surface area contributed by atoms with Crippen molar-refractivity contribution in [2.45, 2.75) is 32.7 Å². The standard InChI is InChI=1S/C22H26N4O3/c1-15-12-23-8-7-17(15)13-24-21(27)10-16-4-3-9-26(14-16)22-25-19-11-18(28-2)5-6-20(19)29-22/h5-8,11-12,16H,3-4,9-10,13-14H2,1-2H3,(H,24,27).